The van der Waals surface area contributed by atoms with Crippen LogP contribution in [0.1, 0.15) is 31.7 Å². The fourth-order valence-electron chi connectivity index (χ4n) is 2.62. The second-order valence-corrected chi connectivity index (χ2v) is 6.71. The van der Waals surface area contributed by atoms with E-state index in [1.165, 1.54) is 31.1 Å². The molecule has 0 saturated carbocycles. The molecule has 1 fully saturated rings. The van der Waals surface area contributed by atoms with Gasteiger partial charge in [-0.05, 0) is 43.2 Å². The van der Waals surface area contributed by atoms with Crippen molar-refractivity contribution in [2.24, 2.45) is 0 Å². The Balaban J connectivity index is 2.08. The van der Waals surface area contributed by atoms with Gasteiger partial charge in [0, 0.05) is 11.3 Å². The first-order valence-corrected chi connectivity index (χ1v) is 8.43. The highest BCUT2D eigenvalue weighted by Gasteiger charge is 2.24. The number of nitrogens with one attached hydrogen (secondary N) is 1. The van der Waals surface area contributed by atoms with Gasteiger partial charge in [-0.25, -0.2) is 4.39 Å². The van der Waals surface area contributed by atoms with E-state index >= 15 is 0 Å². The van der Waals surface area contributed by atoms with E-state index in [9.17, 15) is 4.39 Å². The molecule has 0 aliphatic carbocycles. The van der Waals surface area contributed by atoms with Gasteiger partial charge in [0.2, 0.25) is 0 Å². The molecule has 1 aliphatic heterocycles. The van der Waals surface area contributed by atoms with Crippen molar-refractivity contribution in [2.45, 2.75) is 43.9 Å². The van der Waals surface area contributed by atoms with Gasteiger partial charge in [0.15, 0.2) is 0 Å². The molecule has 4 heteroatoms. The third kappa shape index (κ3) is 4.11. The van der Waals surface area contributed by atoms with Crippen LogP contribution in [-0.2, 0) is 6.42 Å². The average Bonchev–Trinajstić information content (AvgIpc) is 2.44. The lowest BCUT2D eigenvalue weighted by molar-refractivity contribution is 0.471. The minimum absolute atomic E-state index is 0.284. The molecule has 1 aliphatic rings. The molecule has 0 bridgehead atoms. The maximum atomic E-state index is 13.5. The van der Waals surface area contributed by atoms with Crippen molar-refractivity contribution >= 4 is 23.4 Å². The van der Waals surface area contributed by atoms with Crippen molar-refractivity contribution in [1.29, 1.82) is 0 Å². The van der Waals surface area contributed by atoms with Crippen LogP contribution in [0.25, 0.3) is 0 Å². The highest BCUT2D eigenvalue weighted by atomic mass is 35.5. The average molecular weight is 302 g/mol. The molecule has 19 heavy (non-hydrogen) atoms. The molecule has 1 aromatic carbocycles. The SMILES string of the molecule is CCNC(Cc1cccc(F)c1Cl)C1CCCCS1. The minimum atomic E-state index is -0.314. The quantitative estimate of drug-likeness (QED) is 0.871. The predicted molar refractivity (Wildman–Crippen MR) is 82.7 cm³/mol. The lowest BCUT2D eigenvalue weighted by Crippen LogP contribution is -2.41. The van der Waals surface area contributed by atoms with E-state index in [2.05, 4.69) is 12.2 Å². The van der Waals surface area contributed by atoms with Crippen LogP contribution < -0.4 is 5.32 Å². The van der Waals surface area contributed by atoms with Gasteiger partial charge in [-0.2, -0.15) is 11.8 Å². The Labute approximate surface area is 124 Å². The van der Waals surface area contributed by atoms with Gasteiger partial charge in [0.05, 0.1) is 5.02 Å². The lowest BCUT2D eigenvalue weighted by atomic mass is 9.99. The van der Waals surface area contributed by atoms with Crippen LogP contribution in [0.2, 0.25) is 5.02 Å². The van der Waals surface area contributed by atoms with Crippen molar-refractivity contribution in [3.8, 4) is 0 Å². The predicted octanol–water partition coefficient (Wildman–Crippen LogP) is 4.29. The van der Waals surface area contributed by atoms with Gasteiger partial charge < -0.3 is 5.32 Å². The molecule has 1 nitrogen and oxygen atoms in total. The lowest BCUT2D eigenvalue weighted by Gasteiger charge is -2.30. The molecule has 0 radical (unpaired) electrons. The van der Waals surface area contributed by atoms with E-state index in [-0.39, 0.29) is 10.8 Å². The first-order valence-electron chi connectivity index (χ1n) is 7.00. The van der Waals surface area contributed by atoms with Gasteiger partial charge in [0.1, 0.15) is 5.82 Å². The van der Waals surface area contributed by atoms with E-state index in [0.29, 0.717) is 11.3 Å². The van der Waals surface area contributed by atoms with Crippen molar-refractivity contribution in [1.82, 2.24) is 5.32 Å². The zero-order chi connectivity index (χ0) is 13.7. The summed E-state index contributed by atoms with van der Waals surface area (Å²) in [7, 11) is 0. The normalized spacial score (nSPS) is 21.3. The summed E-state index contributed by atoms with van der Waals surface area (Å²) in [6, 6.07) is 5.48. The summed E-state index contributed by atoms with van der Waals surface area (Å²) in [6.45, 7) is 3.06. The second kappa shape index (κ2) is 7.51. The molecule has 1 heterocycles. The molecule has 1 saturated heterocycles. The van der Waals surface area contributed by atoms with Crippen molar-refractivity contribution in [3.05, 3.63) is 34.6 Å². The Bertz CT molecular complexity index is 407. The molecule has 106 valence electrons. The van der Waals surface area contributed by atoms with Crippen LogP contribution in [0.3, 0.4) is 0 Å². The monoisotopic (exact) mass is 301 g/mol. The zero-order valence-electron chi connectivity index (χ0n) is 11.3. The molecular formula is C15H21ClFNS. The fourth-order valence-corrected chi connectivity index (χ4v) is 4.26. The van der Waals surface area contributed by atoms with E-state index in [1.807, 2.05) is 17.8 Å². The highest BCUT2D eigenvalue weighted by molar-refractivity contribution is 8.00. The second-order valence-electron chi connectivity index (χ2n) is 4.99. The minimum Gasteiger partial charge on any atom is -0.313 e. The summed E-state index contributed by atoms with van der Waals surface area (Å²) in [5, 5.41) is 4.45. The van der Waals surface area contributed by atoms with Crippen LogP contribution >= 0.6 is 23.4 Å². The Morgan fingerprint density at radius 2 is 2.32 bits per heavy atom. The van der Waals surface area contributed by atoms with Gasteiger partial charge >= 0.3 is 0 Å². The Morgan fingerprint density at radius 1 is 1.47 bits per heavy atom. The molecule has 2 atom stereocenters. The maximum Gasteiger partial charge on any atom is 0.142 e. The molecule has 0 aromatic heterocycles. The Hall–Kier alpha value is -0.250. The molecule has 1 N–H and O–H groups in total. The summed E-state index contributed by atoms with van der Waals surface area (Å²) < 4.78 is 13.5. The summed E-state index contributed by atoms with van der Waals surface area (Å²) >= 11 is 8.11. The summed E-state index contributed by atoms with van der Waals surface area (Å²) in [4.78, 5) is 0. The number of benzene rings is 1. The van der Waals surface area contributed by atoms with Crippen LogP contribution in [0.4, 0.5) is 4.39 Å². The first kappa shape index (κ1) is 15.1. The van der Waals surface area contributed by atoms with E-state index < -0.39 is 0 Å². The van der Waals surface area contributed by atoms with Crippen molar-refractivity contribution in [2.75, 3.05) is 12.3 Å². The van der Waals surface area contributed by atoms with Crippen molar-refractivity contribution < 1.29 is 4.39 Å². The Kier molecular flexibility index (Phi) is 5.99. The number of rotatable bonds is 5. The van der Waals surface area contributed by atoms with E-state index in [1.54, 1.807) is 6.07 Å². The largest absolute Gasteiger partial charge is 0.313 e. The third-order valence-corrected chi connectivity index (χ3v) is 5.54. The highest BCUT2D eigenvalue weighted by Crippen LogP contribution is 2.30. The number of hydrogen-bond donors (Lipinski definition) is 1. The molecule has 2 rings (SSSR count). The van der Waals surface area contributed by atoms with E-state index in [4.69, 9.17) is 11.6 Å². The molecule has 0 spiro atoms. The standard InChI is InChI=1S/C15H21ClFNS/c1-2-18-13(14-8-3-4-9-19-14)10-11-6-5-7-12(17)15(11)16/h5-7,13-14,18H,2-4,8-10H2,1H3. The molecule has 0 amide bonds. The number of thioether (sulfide) groups is 1. The van der Waals surface area contributed by atoms with Crippen LogP contribution in [0.15, 0.2) is 18.2 Å². The third-order valence-electron chi connectivity index (χ3n) is 3.60. The van der Waals surface area contributed by atoms with Crippen LogP contribution in [0.5, 0.6) is 0 Å². The molecular weight excluding hydrogens is 281 g/mol. The number of likely N-dealkylation sites (N-methyl/N-ethyl adjacent to an activating group) is 1. The van der Waals surface area contributed by atoms with Crippen LogP contribution in [-0.4, -0.2) is 23.6 Å². The zero-order valence-corrected chi connectivity index (χ0v) is 12.9. The topological polar surface area (TPSA) is 12.0 Å². The van der Waals surface area contributed by atoms with Gasteiger partial charge in [-0.3, -0.25) is 0 Å². The fraction of sp³-hybridized carbons (Fsp3) is 0.600. The Morgan fingerprint density at radius 3 is 3.00 bits per heavy atom. The van der Waals surface area contributed by atoms with Crippen LogP contribution in [0, 0.1) is 5.82 Å². The maximum absolute atomic E-state index is 13.5. The first-order chi connectivity index (χ1) is 9.22. The van der Waals surface area contributed by atoms with Gasteiger partial charge in [-0.15, -0.1) is 0 Å². The molecule has 2 unspecified atom stereocenters. The summed E-state index contributed by atoms with van der Waals surface area (Å²) in [6.07, 6.45) is 4.68. The van der Waals surface area contributed by atoms with Crippen molar-refractivity contribution in [3.63, 3.8) is 0 Å². The molecule has 1 aromatic rings. The van der Waals surface area contributed by atoms with Gasteiger partial charge in [-0.1, -0.05) is 37.1 Å². The summed E-state index contributed by atoms with van der Waals surface area (Å²) in [5.41, 5.74) is 0.916. The summed E-state index contributed by atoms with van der Waals surface area (Å²) in [5.74, 6) is 0.925. The number of halogens is 2. The van der Waals surface area contributed by atoms with Gasteiger partial charge in [0.25, 0.3) is 0 Å². The van der Waals surface area contributed by atoms with E-state index in [0.717, 1.165) is 18.5 Å². The number of hydrogen-bond acceptors (Lipinski definition) is 2. The smallest absolute Gasteiger partial charge is 0.142 e.